The third-order valence-corrected chi connectivity index (χ3v) is 1.45. The van der Waals surface area contributed by atoms with E-state index in [4.69, 9.17) is 9.47 Å². The summed E-state index contributed by atoms with van der Waals surface area (Å²) >= 11 is 0. The lowest BCUT2D eigenvalue weighted by atomic mass is 10.3. The van der Waals surface area contributed by atoms with E-state index in [9.17, 15) is 9.59 Å². The second-order valence-electron chi connectivity index (χ2n) is 2.83. The molecule has 0 fully saturated rings. The van der Waals surface area contributed by atoms with E-state index >= 15 is 0 Å². The Bertz CT molecular complexity index is 170. The minimum absolute atomic E-state index is 0.0287. The van der Waals surface area contributed by atoms with Gasteiger partial charge in [0.15, 0.2) is 0 Å². The smallest absolute Gasteiger partial charge is 0.308 e. The monoisotopic (exact) mass is 234 g/mol. The largest absolute Gasteiger partial charge is 0.468 e. The second-order valence-corrected chi connectivity index (χ2v) is 2.83. The third kappa shape index (κ3) is 15.4. The Morgan fingerprint density at radius 2 is 1.81 bits per heavy atom. The molecule has 0 rings (SSSR count). The summed E-state index contributed by atoms with van der Waals surface area (Å²) in [7, 11) is 0. The molecule has 5 nitrogen and oxygen atoms in total. The van der Waals surface area contributed by atoms with Gasteiger partial charge in [-0.2, -0.15) is 0 Å². The van der Waals surface area contributed by atoms with Gasteiger partial charge in [0.1, 0.15) is 0 Å². The van der Waals surface area contributed by atoms with Gasteiger partial charge in [-0.3, -0.25) is 9.59 Å². The molecule has 0 spiro atoms. The predicted molar refractivity (Wildman–Crippen MR) is 60.0 cm³/mol. The van der Waals surface area contributed by atoms with Gasteiger partial charge in [0, 0.05) is 6.61 Å². The van der Waals surface area contributed by atoms with Gasteiger partial charge in [-0.05, 0) is 27.7 Å². The van der Waals surface area contributed by atoms with Crippen molar-refractivity contribution in [3.8, 4) is 0 Å². The second kappa shape index (κ2) is 13.9. The first-order valence-corrected chi connectivity index (χ1v) is 5.44. The molecule has 0 bridgehead atoms. The van der Waals surface area contributed by atoms with Gasteiger partial charge in [0.25, 0.3) is 6.47 Å². The highest BCUT2D eigenvalue weighted by atomic mass is 16.5. The zero-order chi connectivity index (χ0) is 12.8. The summed E-state index contributed by atoms with van der Waals surface area (Å²) in [5.41, 5.74) is 0. The van der Waals surface area contributed by atoms with Crippen LogP contribution in [0.25, 0.3) is 0 Å². The zero-order valence-electron chi connectivity index (χ0n) is 10.5. The van der Waals surface area contributed by atoms with E-state index in [0.29, 0.717) is 32.7 Å². The average Bonchev–Trinajstić information content (AvgIpc) is 2.20. The van der Waals surface area contributed by atoms with E-state index in [0.717, 1.165) is 0 Å². The van der Waals surface area contributed by atoms with Gasteiger partial charge in [-0.15, -0.1) is 0 Å². The predicted octanol–water partition coefficient (Wildman–Crippen LogP) is 1.54. The molecule has 0 radical (unpaired) electrons. The quantitative estimate of drug-likeness (QED) is 0.494. The van der Waals surface area contributed by atoms with Crippen LogP contribution in [0.2, 0.25) is 0 Å². The van der Waals surface area contributed by atoms with Crippen LogP contribution in [0.5, 0.6) is 0 Å². The zero-order valence-corrected chi connectivity index (χ0v) is 10.5. The van der Waals surface area contributed by atoms with Crippen molar-refractivity contribution >= 4 is 12.4 Å². The molecule has 5 heteroatoms. The molecule has 0 heterocycles. The van der Waals surface area contributed by atoms with Crippen molar-refractivity contribution in [2.45, 2.75) is 40.2 Å². The molecule has 0 N–H and O–H groups in total. The summed E-state index contributed by atoms with van der Waals surface area (Å²) in [6.45, 7) is 9.31. The van der Waals surface area contributed by atoms with E-state index in [1.165, 1.54) is 0 Å². The van der Waals surface area contributed by atoms with Crippen LogP contribution < -0.4 is 0 Å². The van der Waals surface area contributed by atoms with Crippen LogP contribution in [0.3, 0.4) is 0 Å². The molecule has 0 aromatic rings. The van der Waals surface area contributed by atoms with Crippen LogP contribution in [-0.4, -0.2) is 38.4 Å². The van der Waals surface area contributed by atoms with Crippen LogP contribution in [0.4, 0.5) is 0 Å². The number of hydrogen-bond acceptors (Lipinski definition) is 5. The van der Waals surface area contributed by atoms with E-state index in [2.05, 4.69) is 4.74 Å². The number of esters is 1. The molecule has 0 aliphatic carbocycles. The lowest BCUT2D eigenvalue weighted by molar-refractivity contribution is -0.145. The molecule has 0 amide bonds. The highest BCUT2D eigenvalue weighted by Gasteiger charge is 2.08. The maximum absolute atomic E-state index is 10.8. The lowest BCUT2D eigenvalue weighted by Gasteiger charge is -2.09. The van der Waals surface area contributed by atoms with Gasteiger partial charge in [-0.25, -0.2) is 0 Å². The van der Waals surface area contributed by atoms with E-state index in [-0.39, 0.29) is 12.1 Å². The Morgan fingerprint density at radius 3 is 2.12 bits per heavy atom. The molecule has 0 aliphatic rings. The first kappa shape index (κ1) is 17.3. The van der Waals surface area contributed by atoms with Crippen LogP contribution >= 0.6 is 0 Å². The van der Waals surface area contributed by atoms with Crippen molar-refractivity contribution in [3.63, 3.8) is 0 Å². The Balaban J connectivity index is 0. The van der Waals surface area contributed by atoms with Gasteiger partial charge >= 0.3 is 5.97 Å². The van der Waals surface area contributed by atoms with Gasteiger partial charge in [-0.1, -0.05) is 0 Å². The Morgan fingerprint density at radius 1 is 1.19 bits per heavy atom. The maximum atomic E-state index is 10.8. The van der Waals surface area contributed by atoms with E-state index in [1.807, 2.05) is 13.8 Å². The molecule has 0 aliphatic heterocycles. The summed E-state index contributed by atoms with van der Waals surface area (Å²) in [6.07, 6.45) is 0.320. The van der Waals surface area contributed by atoms with Crippen LogP contribution in [0.1, 0.15) is 34.1 Å². The molecular formula is C11H22O5. The van der Waals surface area contributed by atoms with Crippen LogP contribution in [0, 0.1) is 0 Å². The van der Waals surface area contributed by atoms with Gasteiger partial charge in [0.05, 0.1) is 25.7 Å². The third-order valence-electron chi connectivity index (χ3n) is 1.45. The minimum atomic E-state index is -0.187. The maximum Gasteiger partial charge on any atom is 0.308 e. The molecule has 1 unspecified atom stereocenters. The average molecular weight is 234 g/mol. The number of hydrogen-bond donors (Lipinski definition) is 0. The highest BCUT2D eigenvalue weighted by molar-refractivity contribution is 5.69. The summed E-state index contributed by atoms with van der Waals surface area (Å²) in [5, 5.41) is 0. The Kier molecular flexibility index (Phi) is 15.0. The Labute approximate surface area is 97.1 Å². The lowest BCUT2D eigenvalue weighted by Crippen LogP contribution is -2.16. The van der Waals surface area contributed by atoms with E-state index in [1.54, 1.807) is 13.8 Å². The summed E-state index contributed by atoms with van der Waals surface area (Å²) in [4.78, 5) is 20.0. The SMILES string of the molecule is CCOC(=O)CC(C)OCC.CCOC=O. The molecule has 0 aromatic heterocycles. The molecule has 0 saturated carbocycles. The molecule has 16 heavy (non-hydrogen) atoms. The number of ether oxygens (including phenoxy) is 3. The summed E-state index contributed by atoms with van der Waals surface area (Å²) < 4.78 is 14.1. The van der Waals surface area contributed by atoms with Crippen molar-refractivity contribution in [1.29, 1.82) is 0 Å². The molecule has 1 atom stereocenters. The standard InChI is InChI=1S/C8H16O3.C3H6O2/c1-4-10-7(3)6-8(9)11-5-2;1-2-5-3-4/h7H,4-6H2,1-3H3;3H,2H2,1H3. The fourth-order valence-electron chi connectivity index (χ4n) is 0.866. The fraction of sp³-hybridized carbons (Fsp3) is 0.818. The van der Waals surface area contributed by atoms with Crippen LogP contribution in [-0.2, 0) is 23.8 Å². The van der Waals surface area contributed by atoms with Crippen molar-refractivity contribution in [3.05, 3.63) is 0 Å². The Hall–Kier alpha value is -1.10. The summed E-state index contributed by atoms with van der Waals surface area (Å²) in [6, 6.07) is 0. The van der Waals surface area contributed by atoms with Gasteiger partial charge < -0.3 is 14.2 Å². The number of rotatable bonds is 7. The van der Waals surface area contributed by atoms with Crippen molar-refractivity contribution < 1.29 is 23.8 Å². The minimum Gasteiger partial charge on any atom is -0.468 e. The number of carbonyl (C=O) groups is 2. The van der Waals surface area contributed by atoms with Crippen molar-refractivity contribution in [2.75, 3.05) is 19.8 Å². The van der Waals surface area contributed by atoms with Crippen molar-refractivity contribution in [2.24, 2.45) is 0 Å². The van der Waals surface area contributed by atoms with Gasteiger partial charge in [0.2, 0.25) is 0 Å². The molecule has 0 saturated heterocycles. The fourth-order valence-corrected chi connectivity index (χ4v) is 0.866. The molecule has 0 aromatic carbocycles. The number of carbonyl (C=O) groups excluding carboxylic acids is 2. The topological polar surface area (TPSA) is 61.8 Å². The molecule has 96 valence electrons. The first-order chi connectivity index (χ1) is 7.62. The summed E-state index contributed by atoms with van der Waals surface area (Å²) in [5.74, 6) is -0.187. The van der Waals surface area contributed by atoms with E-state index < -0.39 is 0 Å². The van der Waals surface area contributed by atoms with Crippen LogP contribution in [0.15, 0.2) is 0 Å². The first-order valence-electron chi connectivity index (χ1n) is 5.44. The molecular weight excluding hydrogens is 212 g/mol. The van der Waals surface area contributed by atoms with Crippen molar-refractivity contribution in [1.82, 2.24) is 0 Å². The highest BCUT2D eigenvalue weighted by Crippen LogP contribution is 1.98. The normalized spacial score (nSPS) is 10.8.